The lowest BCUT2D eigenvalue weighted by Crippen LogP contribution is -2.11. The van der Waals surface area contributed by atoms with Crippen LogP contribution in [0.3, 0.4) is 0 Å². The normalized spacial score (nSPS) is 9.94. The van der Waals surface area contributed by atoms with E-state index in [-0.39, 0.29) is 0 Å². The molecular formula is C13H10INO2. The Labute approximate surface area is 113 Å². The molecule has 0 aliphatic rings. The average molecular weight is 339 g/mol. The van der Waals surface area contributed by atoms with Crippen LogP contribution in [0.25, 0.3) is 0 Å². The molecule has 0 aromatic heterocycles. The SMILES string of the molecule is NC(=O)c1ccccc1Oc1cccc(I)c1. The topological polar surface area (TPSA) is 52.3 Å². The van der Waals surface area contributed by atoms with Crippen molar-refractivity contribution in [2.45, 2.75) is 0 Å². The highest BCUT2D eigenvalue weighted by atomic mass is 127. The van der Waals surface area contributed by atoms with Crippen LogP contribution in [0.15, 0.2) is 48.5 Å². The van der Waals surface area contributed by atoms with E-state index in [9.17, 15) is 4.79 Å². The summed E-state index contributed by atoms with van der Waals surface area (Å²) in [5, 5.41) is 0. The highest BCUT2D eigenvalue weighted by molar-refractivity contribution is 14.1. The number of halogens is 1. The number of carbonyl (C=O) groups is 1. The molecule has 0 heterocycles. The molecule has 0 saturated carbocycles. The van der Waals surface area contributed by atoms with Crippen LogP contribution < -0.4 is 10.5 Å². The highest BCUT2D eigenvalue weighted by Gasteiger charge is 2.08. The molecule has 17 heavy (non-hydrogen) atoms. The number of benzene rings is 2. The maximum absolute atomic E-state index is 11.2. The first-order valence-corrected chi connectivity index (χ1v) is 6.07. The van der Waals surface area contributed by atoms with E-state index in [1.165, 1.54) is 0 Å². The summed E-state index contributed by atoms with van der Waals surface area (Å²) in [6.45, 7) is 0. The van der Waals surface area contributed by atoms with Crippen molar-refractivity contribution in [2.75, 3.05) is 0 Å². The number of hydrogen-bond donors (Lipinski definition) is 1. The lowest BCUT2D eigenvalue weighted by Gasteiger charge is -2.08. The van der Waals surface area contributed by atoms with Crippen LogP contribution in [0.5, 0.6) is 11.5 Å². The zero-order chi connectivity index (χ0) is 12.3. The van der Waals surface area contributed by atoms with Crippen molar-refractivity contribution in [1.29, 1.82) is 0 Å². The number of ether oxygens (including phenoxy) is 1. The fourth-order valence-electron chi connectivity index (χ4n) is 1.42. The Morgan fingerprint density at radius 2 is 1.88 bits per heavy atom. The first kappa shape index (κ1) is 11.9. The van der Waals surface area contributed by atoms with Crippen molar-refractivity contribution in [3.05, 3.63) is 57.7 Å². The lowest BCUT2D eigenvalue weighted by molar-refractivity contribution is 0.0998. The van der Waals surface area contributed by atoms with Gasteiger partial charge in [0.15, 0.2) is 0 Å². The fraction of sp³-hybridized carbons (Fsp3) is 0. The van der Waals surface area contributed by atoms with Crippen LogP contribution in [0.1, 0.15) is 10.4 Å². The summed E-state index contributed by atoms with van der Waals surface area (Å²) < 4.78 is 6.71. The van der Waals surface area contributed by atoms with Crippen LogP contribution in [0, 0.1) is 3.57 Å². The number of nitrogens with two attached hydrogens (primary N) is 1. The number of hydrogen-bond acceptors (Lipinski definition) is 2. The molecule has 2 N–H and O–H groups in total. The molecule has 4 heteroatoms. The van der Waals surface area contributed by atoms with Gasteiger partial charge in [0.05, 0.1) is 5.56 Å². The number of rotatable bonds is 3. The summed E-state index contributed by atoms with van der Waals surface area (Å²) in [6, 6.07) is 14.5. The van der Waals surface area contributed by atoms with Gasteiger partial charge in [-0.15, -0.1) is 0 Å². The quantitative estimate of drug-likeness (QED) is 0.874. The van der Waals surface area contributed by atoms with E-state index in [2.05, 4.69) is 22.6 Å². The first-order valence-electron chi connectivity index (χ1n) is 4.99. The predicted molar refractivity (Wildman–Crippen MR) is 74.2 cm³/mol. The number of amides is 1. The Balaban J connectivity index is 2.33. The molecule has 2 aromatic carbocycles. The third kappa shape index (κ3) is 2.97. The maximum Gasteiger partial charge on any atom is 0.252 e. The van der Waals surface area contributed by atoms with Gasteiger partial charge in [0, 0.05) is 3.57 Å². The van der Waals surface area contributed by atoms with Gasteiger partial charge < -0.3 is 10.5 Å². The number of carbonyl (C=O) groups excluding carboxylic acids is 1. The summed E-state index contributed by atoms with van der Waals surface area (Å²) in [5.74, 6) is 0.666. The Bertz CT molecular complexity index is 555. The second-order valence-corrected chi connectivity index (χ2v) is 4.67. The molecule has 0 bridgehead atoms. The highest BCUT2D eigenvalue weighted by Crippen LogP contribution is 2.25. The number of para-hydroxylation sites is 1. The third-order valence-corrected chi connectivity index (χ3v) is 2.85. The number of primary amides is 1. The molecule has 2 aromatic rings. The van der Waals surface area contributed by atoms with Crippen molar-refractivity contribution in [2.24, 2.45) is 5.73 Å². The minimum absolute atomic E-state index is 0.381. The van der Waals surface area contributed by atoms with Gasteiger partial charge in [-0.25, -0.2) is 0 Å². The van der Waals surface area contributed by atoms with E-state index in [0.29, 0.717) is 17.1 Å². The molecule has 1 amide bonds. The molecular weight excluding hydrogens is 329 g/mol. The van der Waals surface area contributed by atoms with Gasteiger partial charge in [0.25, 0.3) is 5.91 Å². The average Bonchev–Trinajstić information content (AvgIpc) is 2.29. The zero-order valence-electron chi connectivity index (χ0n) is 8.89. The molecule has 0 radical (unpaired) electrons. The zero-order valence-corrected chi connectivity index (χ0v) is 11.0. The third-order valence-electron chi connectivity index (χ3n) is 2.18. The standard InChI is InChI=1S/C13H10INO2/c14-9-4-3-5-10(8-9)17-12-7-2-1-6-11(12)13(15)16/h1-8H,(H2,15,16). The van der Waals surface area contributed by atoms with Crippen LogP contribution in [-0.4, -0.2) is 5.91 Å². The van der Waals surface area contributed by atoms with E-state index in [0.717, 1.165) is 3.57 Å². The molecule has 0 aliphatic carbocycles. The van der Waals surface area contributed by atoms with E-state index in [1.807, 2.05) is 24.3 Å². The van der Waals surface area contributed by atoms with Gasteiger partial charge in [0.2, 0.25) is 0 Å². The minimum Gasteiger partial charge on any atom is -0.456 e. The maximum atomic E-state index is 11.2. The monoisotopic (exact) mass is 339 g/mol. The molecule has 3 nitrogen and oxygen atoms in total. The molecule has 0 unspecified atom stereocenters. The summed E-state index contributed by atoms with van der Waals surface area (Å²) >= 11 is 2.20. The molecule has 2 rings (SSSR count). The smallest absolute Gasteiger partial charge is 0.252 e. The van der Waals surface area contributed by atoms with Gasteiger partial charge in [-0.1, -0.05) is 18.2 Å². The Morgan fingerprint density at radius 3 is 2.59 bits per heavy atom. The van der Waals surface area contributed by atoms with Gasteiger partial charge in [0.1, 0.15) is 11.5 Å². The van der Waals surface area contributed by atoms with E-state index in [1.54, 1.807) is 24.3 Å². The second-order valence-electron chi connectivity index (χ2n) is 3.42. The Kier molecular flexibility index (Phi) is 3.63. The van der Waals surface area contributed by atoms with Crippen molar-refractivity contribution in [3.8, 4) is 11.5 Å². The van der Waals surface area contributed by atoms with E-state index in [4.69, 9.17) is 10.5 Å². The molecule has 0 spiro atoms. The van der Waals surface area contributed by atoms with Crippen molar-refractivity contribution in [3.63, 3.8) is 0 Å². The molecule has 0 saturated heterocycles. The fourth-order valence-corrected chi connectivity index (χ4v) is 1.93. The summed E-state index contributed by atoms with van der Waals surface area (Å²) in [6.07, 6.45) is 0. The summed E-state index contributed by atoms with van der Waals surface area (Å²) in [4.78, 5) is 11.2. The van der Waals surface area contributed by atoms with Crippen molar-refractivity contribution >= 4 is 28.5 Å². The molecule has 0 fully saturated rings. The van der Waals surface area contributed by atoms with Crippen LogP contribution >= 0.6 is 22.6 Å². The van der Waals surface area contributed by atoms with E-state index >= 15 is 0 Å². The van der Waals surface area contributed by atoms with Crippen LogP contribution in [0.4, 0.5) is 0 Å². The van der Waals surface area contributed by atoms with Gasteiger partial charge in [-0.05, 0) is 52.9 Å². The lowest BCUT2D eigenvalue weighted by atomic mass is 10.2. The largest absolute Gasteiger partial charge is 0.456 e. The van der Waals surface area contributed by atoms with Crippen LogP contribution in [-0.2, 0) is 0 Å². The van der Waals surface area contributed by atoms with Gasteiger partial charge in [-0.3, -0.25) is 4.79 Å². The molecule has 86 valence electrons. The Morgan fingerprint density at radius 1 is 1.12 bits per heavy atom. The minimum atomic E-state index is -0.494. The molecule has 0 aliphatic heterocycles. The second kappa shape index (κ2) is 5.18. The molecule has 0 atom stereocenters. The van der Waals surface area contributed by atoms with Crippen molar-refractivity contribution < 1.29 is 9.53 Å². The van der Waals surface area contributed by atoms with Crippen molar-refractivity contribution in [1.82, 2.24) is 0 Å². The first-order chi connectivity index (χ1) is 8.16. The summed E-state index contributed by atoms with van der Waals surface area (Å²) in [7, 11) is 0. The van der Waals surface area contributed by atoms with Gasteiger partial charge >= 0.3 is 0 Å². The predicted octanol–water partition coefficient (Wildman–Crippen LogP) is 3.18. The summed E-state index contributed by atoms with van der Waals surface area (Å²) in [5.41, 5.74) is 5.66. The van der Waals surface area contributed by atoms with Gasteiger partial charge in [-0.2, -0.15) is 0 Å². The van der Waals surface area contributed by atoms with E-state index < -0.39 is 5.91 Å². The van der Waals surface area contributed by atoms with Crippen LogP contribution in [0.2, 0.25) is 0 Å². The Hall–Kier alpha value is -1.56.